The molecule has 2 fully saturated rings. The van der Waals surface area contributed by atoms with Gasteiger partial charge in [-0.3, -0.25) is 14.4 Å². The summed E-state index contributed by atoms with van der Waals surface area (Å²) in [5.41, 5.74) is 0.706. The number of carbonyl (C=O) groups excluding carboxylic acids is 1. The van der Waals surface area contributed by atoms with Crippen molar-refractivity contribution in [3.8, 4) is 0 Å². The topological polar surface area (TPSA) is 50.6 Å². The van der Waals surface area contributed by atoms with Gasteiger partial charge < -0.3 is 9.64 Å². The number of hydrogen-bond acceptors (Lipinski definition) is 4. The van der Waals surface area contributed by atoms with E-state index in [2.05, 4.69) is 23.8 Å². The van der Waals surface area contributed by atoms with Gasteiger partial charge in [0.1, 0.15) is 0 Å². The van der Waals surface area contributed by atoms with Gasteiger partial charge in [-0.25, -0.2) is 0 Å². The first-order chi connectivity index (χ1) is 11.5. The lowest BCUT2D eigenvalue weighted by molar-refractivity contribution is -0.128. The average Bonchev–Trinajstić information content (AvgIpc) is 3.03. The molecule has 1 amide bonds. The first-order valence-electron chi connectivity index (χ1n) is 9.15. The zero-order chi connectivity index (χ0) is 17.3. The number of nitrogens with zero attached hydrogens (tertiary/aromatic N) is 4. The fraction of sp³-hybridized carbons (Fsp3) is 0.778. The number of amides is 1. The SMILES string of the molecule is CCn1cc(C(=O)N2CCC([C@H]3[C@@H](OC)CN3C(C)C)CC2)cn1. The lowest BCUT2D eigenvalue weighted by Crippen LogP contribution is -2.66. The molecule has 3 rings (SSSR count). The van der Waals surface area contributed by atoms with Gasteiger partial charge in [0.25, 0.3) is 5.91 Å². The van der Waals surface area contributed by atoms with E-state index >= 15 is 0 Å². The molecule has 1 aromatic heterocycles. The number of rotatable bonds is 5. The van der Waals surface area contributed by atoms with Crippen molar-refractivity contribution in [2.45, 2.75) is 58.3 Å². The van der Waals surface area contributed by atoms with Crippen LogP contribution in [0.5, 0.6) is 0 Å². The normalized spacial score (nSPS) is 26.0. The quantitative estimate of drug-likeness (QED) is 0.825. The zero-order valence-electron chi connectivity index (χ0n) is 15.3. The molecule has 0 aromatic carbocycles. The molecule has 2 atom stereocenters. The number of aryl methyl sites for hydroxylation is 1. The number of methoxy groups -OCH3 is 1. The monoisotopic (exact) mass is 334 g/mol. The molecule has 6 nitrogen and oxygen atoms in total. The van der Waals surface area contributed by atoms with Crippen molar-refractivity contribution in [1.82, 2.24) is 19.6 Å². The van der Waals surface area contributed by atoms with E-state index in [1.54, 1.807) is 10.9 Å². The Morgan fingerprint density at radius 2 is 2.08 bits per heavy atom. The van der Waals surface area contributed by atoms with E-state index in [1.807, 2.05) is 25.1 Å². The predicted octanol–water partition coefficient (Wildman–Crippen LogP) is 1.86. The van der Waals surface area contributed by atoms with Gasteiger partial charge in [-0.05, 0) is 39.5 Å². The fourth-order valence-corrected chi connectivity index (χ4v) is 4.13. The van der Waals surface area contributed by atoms with Crippen LogP contribution in [0.15, 0.2) is 12.4 Å². The van der Waals surface area contributed by atoms with Crippen LogP contribution in [0.4, 0.5) is 0 Å². The molecule has 0 N–H and O–H groups in total. The maximum atomic E-state index is 12.6. The molecular weight excluding hydrogens is 304 g/mol. The molecule has 0 saturated carbocycles. The molecule has 2 saturated heterocycles. The van der Waals surface area contributed by atoms with E-state index in [-0.39, 0.29) is 5.91 Å². The van der Waals surface area contributed by atoms with Gasteiger partial charge in [-0.15, -0.1) is 0 Å². The fourth-order valence-electron chi connectivity index (χ4n) is 4.13. The van der Waals surface area contributed by atoms with E-state index in [9.17, 15) is 4.79 Å². The molecule has 2 aliphatic rings. The van der Waals surface area contributed by atoms with Crippen molar-refractivity contribution in [3.05, 3.63) is 18.0 Å². The number of piperidine rings is 1. The molecule has 6 heteroatoms. The zero-order valence-corrected chi connectivity index (χ0v) is 15.3. The Bertz CT molecular complexity index is 563. The molecule has 0 spiro atoms. The van der Waals surface area contributed by atoms with Crippen LogP contribution in [-0.2, 0) is 11.3 Å². The number of likely N-dealkylation sites (tertiary alicyclic amines) is 2. The van der Waals surface area contributed by atoms with Crippen LogP contribution in [0, 0.1) is 5.92 Å². The molecule has 1 aromatic rings. The summed E-state index contributed by atoms with van der Waals surface area (Å²) in [6.07, 6.45) is 6.00. The van der Waals surface area contributed by atoms with Crippen molar-refractivity contribution in [1.29, 1.82) is 0 Å². The molecule has 0 bridgehead atoms. The highest BCUT2D eigenvalue weighted by atomic mass is 16.5. The third-order valence-corrected chi connectivity index (χ3v) is 5.63. The van der Waals surface area contributed by atoms with E-state index < -0.39 is 0 Å². The van der Waals surface area contributed by atoms with Crippen LogP contribution in [0.2, 0.25) is 0 Å². The van der Waals surface area contributed by atoms with Gasteiger partial charge in [0.2, 0.25) is 0 Å². The highest BCUT2D eigenvalue weighted by Gasteiger charge is 2.45. The second-order valence-corrected chi connectivity index (χ2v) is 7.27. The van der Waals surface area contributed by atoms with E-state index in [0.717, 1.165) is 39.0 Å². The lowest BCUT2D eigenvalue weighted by Gasteiger charge is -2.54. The van der Waals surface area contributed by atoms with Gasteiger partial charge in [-0.2, -0.15) is 5.10 Å². The standard InChI is InChI=1S/C18H30N4O2/c1-5-21-11-15(10-19-21)18(23)20-8-6-14(7-9-20)17-16(24-4)12-22(17)13(2)3/h10-11,13-14,16-17H,5-9,12H2,1-4H3/t16-,17-/m0/s1. The van der Waals surface area contributed by atoms with Crippen LogP contribution < -0.4 is 0 Å². The van der Waals surface area contributed by atoms with Crippen LogP contribution in [-0.4, -0.2) is 70.4 Å². The van der Waals surface area contributed by atoms with Gasteiger partial charge >= 0.3 is 0 Å². The van der Waals surface area contributed by atoms with Crippen LogP contribution in [0.1, 0.15) is 44.0 Å². The van der Waals surface area contributed by atoms with Gasteiger partial charge in [-0.1, -0.05) is 0 Å². The Kier molecular flexibility index (Phi) is 5.25. The van der Waals surface area contributed by atoms with Crippen LogP contribution in [0.3, 0.4) is 0 Å². The summed E-state index contributed by atoms with van der Waals surface area (Å²) < 4.78 is 7.46. The molecule has 2 aliphatic heterocycles. The highest BCUT2D eigenvalue weighted by Crippen LogP contribution is 2.35. The van der Waals surface area contributed by atoms with Crippen molar-refractivity contribution in [2.75, 3.05) is 26.7 Å². The minimum absolute atomic E-state index is 0.116. The first-order valence-corrected chi connectivity index (χ1v) is 9.15. The maximum absolute atomic E-state index is 12.6. The third kappa shape index (κ3) is 3.22. The number of aromatic nitrogens is 2. The smallest absolute Gasteiger partial charge is 0.257 e. The lowest BCUT2D eigenvalue weighted by atomic mass is 9.79. The average molecular weight is 334 g/mol. The minimum Gasteiger partial charge on any atom is -0.378 e. The highest BCUT2D eigenvalue weighted by molar-refractivity contribution is 5.93. The molecule has 3 heterocycles. The molecule has 24 heavy (non-hydrogen) atoms. The summed E-state index contributed by atoms with van der Waals surface area (Å²) >= 11 is 0. The van der Waals surface area contributed by atoms with E-state index in [4.69, 9.17) is 4.74 Å². The third-order valence-electron chi connectivity index (χ3n) is 5.63. The summed E-state index contributed by atoms with van der Waals surface area (Å²) in [6, 6.07) is 1.07. The summed E-state index contributed by atoms with van der Waals surface area (Å²) in [7, 11) is 1.82. The van der Waals surface area contributed by atoms with Crippen LogP contribution >= 0.6 is 0 Å². The Morgan fingerprint density at radius 1 is 1.38 bits per heavy atom. The second-order valence-electron chi connectivity index (χ2n) is 7.27. The van der Waals surface area contributed by atoms with Crippen molar-refractivity contribution in [2.24, 2.45) is 5.92 Å². The van der Waals surface area contributed by atoms with Crippen LogP contribution in [0.25, 0.3) is 0 Å². The summed E-state index contributed by atoms with van der Waals surface area (Å²) in [5.74, 6) is 0.735. The van der Waals surface area contributed by atoms with E-state index in [0.29, 0.717) is 29.7 Å². The van der Waals surface area contributed by atoms with Crippen molar-refractivity contribution >= 4 is 5.91 Å². The molecular formula is C18H30N4O2. The summed E-state index contributed by atoms with van der Waals surface area (Å²) in [6.45, 7) is 10.0. The van der Waals surface area contributed by atoms with Gasteiger partial charge in [0, 0.05) is 51.6 Å². The van der Waals surface area contributed by atoms with Crippen molar-refractivity contribution in [3.63, 3.8) is 0 Å². The Labute approximate surface area is 144 Å². The van der Waals surface area contributed by atoms with Gasteiger partial charge in [0.15, 0.2) is 0 Å². The van der Waals surface area contributed by atoms with Crippen molar-refractivity contribution < 1.29 is 9.53 Å². The molecule has 0 radical (unpaired) electrons. The minimum atomic E-state index is 0.116. The number of ether oxygens (including phenoxy) is 1. The molecule has 134 valence electrons. The summed E-state index contributed by atoms with van der Waals surface area (Å²) in [5, 5.41) is 4.21. The number of hydrogen-bond donors (Lipinski definition) is 0. The summed E-state index contributed by atoms with van der Waals surface area (Å²) in [4.78, 5) is 17.1. The Hall–Kier alpha value is -1.40. The molecule has 0 aliphatic carbocycles. The first kappa shape index (κ1) is 17.4. The Morgan fingerprint density at radius 3 is 2.62 bits per heavy atom. The predicted molar refractivity (Wildman–Crippen MR) is 93.0 cm³/mol. The number of carbonyl (C=O) groups is 1. The maximum Gasteiger partial charge on any atom is 0.257 e. The largest absolute Gasteiger partial charge is 0.378 e. The van der Waals surface area contributed by atoms with Gasteiger partial charge in [0.05, 0.1) is 17.9 Å². The molecule has 0 unspecified atom stereocenters. The second kappa shape index (κ2) is 7.23. The van der Waals surface area contributed by atoms with E-state index in [1.165, 1.54) is 0 Å². The Balaban J connectivity index is 1.58.